The highest BCUT2D eigenvalue weighted by atomic mass is 16.5. The Kier molecular flexibility index (Phi) is 8.74. The van der Waals surface area contributed by atoms with Gasteiger partial charge in [-0.05, 0) is 87.5 Å². The Bertz CT molecular complexity index is 1350. The molecule has 204 valence electrons. The summed E-state index contributed by atoms with van der Waals surface area (Å²) in [4.78, 5) is 17.3. The summed E-state index contributed by atoms with van der Waals surface area (Å²) < 4.78 is 7.41. The zero-order valence-electron chi connectivity index (χ0n) is 24.4. The first-order valence-corrected chi connectivity index (χ1v) is 14.5. The minimum Gasteiger partial charge on any atom is -0.466 e. The van der Waals surface area contributed by atoms with Crippen LogP contribution in [0.3, 0.4) is 0 Å². The minimum absolute atomic E-state index is 0.0284. The first-order valence-electron chi connectivity index (χ1n) is 14.5. The number of benzene rings is 1. The third-order valence-corrected chi connectivity index (χ3v) is 8.11. The summed E-state index contributed by atoms with van der Waals surface area (Å²) >= 11 is 0. The lowest BCUT2D eigenvalue weighted by molar-refractivity contribution is -0.149. The van der Waals surface area contributed by atoms with Crippen molar-refractivity contribution in [1.82, 2.24) is 9.78 Å². The molecule has 2 heterocycles. The van der Waals surface area contributed by atoms with Crippen LogP contribution in [0.15, 0.2) is 28.9 Å². The Balaban J connectivity index is 1.68. The Hall–Kier alpha value is -2.95. The average Bonchev–Trinajstić information content (AvgIpc) is 3.22. The predicted octanol–water partition coefficient (Wildman–Crippen LogP) is 6.62. The third kappa shape index (κ3) is 5.72. The molecule has 2 aromatic rings. The van der Waals surface area contributed by atoms with Crippen LogP contribution in [0.2, 0.25) is 0 Å². The summed E-state index contributed by atoms with van der Waals surface area (Å²) in [5.74, 6) is 1.26. The normalized spacial score (nSPS) is 20.9. The Morgan fingerprint density at radius 2 is 1.84 bits per heavy atom. The van der Waals surface area contributed by atoms with E-state index in [2.05, 4.69) is 77.1 Å². The molecule has 1 aliphatic carbocycles. The Morgan fingerprint density at radius 1 is 1.13 bits per heavy atom. The monoisotopic (exact) mass is 515 g/mol. The molecule has 5 nitrogen and oxygen atoms in total. The van der Waals surface area contributed by atoms with E-state index in [9.17, 15) is 4.79 Å². The van der Waals surface area contributed by atoms with Gasteiger partial charge < -0.3 is 4.74 Å². The number of ether oxygens (including phenoxy) is 1. The summed E-state index contributed by atoms with van der Waals surface area (Å²) in [6.45, 7) is 19.9. The lowest BCUT2D eigenvalue weighted by Crippen LogP contribution is -2.28. The molecule has 2 aliphatic rings. The highest BCUT2D eigenvalue weighted by Gasteiger charge is 2.31. The fourth-order valence-corrected chi connectivity index (χ4v) is 6.26. The van der Waals surface area contributed by atoms with Gasteiger partial charge in [-0.15, -0.1) is 0 Å². The van der Waals surface area contributed by atoms with Crippen LogP contribution < -0.4 is 10.4 Å². The lowest BCUT2D eigenvalue weighted by atomic mass is 9.78. The van der Waals surface area contributed by atoms with Crippen LogP contribution in [0, 0.1) is 24.7 Å². The van der Waals surface area contributed by atoms with Crippen molar-refractivity contribution < 1.29 is 9.53 Å². The first-order chi connectivity index (χ1) is 18.1. The quantitative estimate of drug-likeness (QED) is 0.389. The number of nitrogens with zero attached hydrogens (tertiary/aromatic N) is 3. The number of hydrogen-bond donors (Lipinski definition) is 0. The maximum absolute atomic E-state index is 12.2. The number of aromatic nitrogens is 2. The van der Waals surface area contributed by atoms with Crippen LogP contribution in [0.4, 0.5) is 0 Å². The second kappa shape index (κ2) is 11.8. The van der Waals surface area contributed by atoms with Gasteiger partial charge in [0, 0.05) is 22.5 Å². The van der Waals surface area contributed by atoms with Crippen LogP contribution >= 0.6 is 0 Å². The van der Waals surface area contributed by atoms with Crippen molar-refractivity contribution >= 4 is 30.0 Å². The van der Waals surface area contributed by atoms with E-state index in [1.165, 1.54) is 27.9 Å². The van der Waals surface area contributed by atoms with Gasteiger partial charge in [0.15, 0.2) is 0 Å². The van der Waals surface area contributed by atoms with Gasteiger partial charge in [-0.1, -0.05) is 58.5 Å². The maximum atomic E-state index is 12.2. The molecule has 4 rings (SSSR count). The van der Waals surface area contributed by atoms with Gasteiger partial charge in [0.25, 0.3) is 0 Å². The molecule has 0 spiro atoms. The van der Waals surface area contributed by atoms with E-state index in [1.54, 1.807) is 0 Å². The molecule has 0 amide bonds. The van der Waals surface area contributed by atoms with E-state index in [1.807, 2.05) is 6.92 Å². The van der Waals surface area contributed by atoms with E-state index in [0.717, 1.165) is 60.7 Å². The molecular formula is C33H45N3O2. The smallest absolute Gasteiger partial charge is 0.308 e. The lowest BCUT2D eigenvalue weighted by Gasteiger charge is -2.30. The number of allylic oxidation sites excluding steroid dienone is 2. The molecule has 0 unspecified atom stereocenters. The van der Waals surface area contributed by atoms with Crippen LogP contribution in [-0.2, 0) is 9.53 Å². The van der Waals surface area contributed by atoms with Crippen LogP contribution in [-0.4, -0.2) is 28.1 Å². The standard InChI is InChI=1S/C33H45N3O2/c1-9-38-33(37)26-15-13-25(14-16-26)29-17-18-30(23(7)34-29)36-24(8)31(21(4)5)32(35-36)27-12-10-11-22(6)28(27)19-20(2)3/h10-12,19-21,25-26H,6,9,13-18H2,1-5,7-8H3/b28-19+. The van der Waals surface area contributed by atoms with Gasteiger partial charge in [-0.3, -0.25) is 9.79 Å². The largest absolute Gasteiger partial charge is 0.466 e. The van der Waals surface area contributed by atoms with Crippen LogP contribution in [0.1, 0.15) is 97.2 Å². The SMILES string of the molecule is C=c1cccc(-c2nn(C3=C(C)N=C(C4CCC(C(=O)OCC)CC4)CC3)c(C)c2C(C)C)/c1=C/C(C)C. The Labute approximate surface area is 228 Å². The number of rotatable bonds is 7. The van der Waals surface area contributed by atoms with Gasteiger partial charge in [0.2, 0.25) is 0 Å². The number of carbonyl (C=O) groups excluding carboxylic acids is 1. The van der Waals surface area contributed by atoms with E-state index >= 15 is 0 Å². The number of carbonyl (C=O) groups is 1. The second-order valence-electron chi connectivity index (χ2n) is 11.6. The van der Waals surface area contributed by atoms with Gasteiger partial charge in [-0.2, -0.15) is 5.10 Å². The summed E-state index contributed by atoms with van der Waals surface area (Å²) in [5.41, 5.74) is 8.26. The van der Waals surface area contributed by atoms with Crippen molar-refractivity contribution in [1.29, 1.82) is 0 Å². The predicted molar refractivity (Wildman–Crippen MR) is 158 cm³/mol. The summed E-state index contributed by atoms with van der Waals surface area (Å²) in [6.07, 6.45) is 8.02. The van der Waals surface area contributed by atoms with Crippen LogP contribution in [0.25, 0.3) is 29.6 Å². The van der Waals surface area contributed by atoms with Gasteiger partial charge in [0.05, 0.1) is 29.6 Å². The second-order valence-corrected chi connectivity index (χ2v) is 11.6. The number of esters is 1. The highest BCUT2D eigenvalue weighted by Crippen LogP contribution is 2.37. The molecule has 1 aliphatic heterocycles. The molecule has 0 N–H and O–H groups in total. The number of hydrogen-bond acceptors (Lipinski definition) is 4. The highest BCUT2D eigenvalue weighted by molar-refractivity contribution is 5.91. The van der Waals surface area contributed by atoms with Crippen molar-refractivity contribution in [3.8, 4) is 11.3 Å². The summed E-state index contributed by atoms with van der Waals surface area (Å²) in [6, 6.07) is 6.36. The van der Waals surface area contributed by atoms with Crippen molar-refractivity contribution in [2.75, 3.05) is 6.61 Å². The van der Waals surface area contributed by atoms with Crippen molar-refractivity contribution in [2.45, 2.75) is 92.9 Å². The van der Waals surface area contributed by atoms with E-state index in [4.69, 9.17) is 14.8 Å². The molecule has 38 heavy (non-hydrogen) atoms. The van der Waals surface area contributed by atoms with E-state index in [-0.39, 0.29) is 11.9 Å². The maximum Gasteiger partial charge on any atom is 0.308 e. The fourth-order valence-electron chi connectivity index (χ4n) is 6.26. The molecular weight excluding hydrogens is 470 g/mol. The molecule has 1 saturated carbocycles. The number of aliphatic imine (C=N–C) groups is 1. The van der Waals surface area contributed by atoms with Crippen molar-refractivity contribution in [2.24, 2.45) is 22.7 Å². The van der Waals surface area contributed by atoms with Crippen molar-refractivity contribution in [3.63, 3.8) is 0 Å². The van der Waals surface area contributed by atoms with Crippen LogP contribution in [0.5, 0.6) is 0 Å². The average molecular weight is 516 g/mol. The summed E-state index contributed by atoms with van der Waals surface area (Å²) in [7, 11) is 0. The third-order valence-electron chi connectivity index (χ3n) is 8.11. The van der Waals surface area contributed by atoms with Gasteiger partial charge in [-0.25, -0.2) is 4.68 Å². The fraction of sp³-hybridized carbons (Fsp3) is 0.545. The molecule has 0 radical (unpaired) electrons. The van der Waals surface area contributed by atoms with E-state index < -0.39 is 0 Å². The topological polar surface area (TPSA) is 56.5 Å². The Morgan fingerprint density at radius 3 is 2.45 bits per heavy atom. The molecule has 1 aromatic carbocycles. The zero-order valence-corrected chi connectivity index (χ0v) is 24.4. The molecule has 1 aromatic heterocycles. The molecule has 5 heteroatoms. The molecule has 0 atom stereocenters. The van der Waals surface area contributed by atoms with Crippen molar-refractivity contribution in [3.05, 3.63) is 45.6 Å². The first kappa shape index (κ1) is 28.1. The molecule has 0 saturated heterocycles. The summed E-state index contributed by atoms with van der Waals surface area (Å²) in [5, 5.41) is 7.48. The zero-order chi connectivity index (χ0) is 27.6. The van der Waals surface area contributed by atoms with E-state index in [0.29, 0.717) is 24.4 Å². The molecule has 1 fully saturated rings. The van der Waals surface area contributed by atoms with Gasteiger partial charge >= 0.3 is 5.97 Å². The minimum atomic E-state index is -0.0284. The van der Waals surface area contributed by atoms with Gasteiger partial charge in [0.1, 0.15) is 0 Å². The molecule has 0 bridgehead atoms.